The molecule has 0 fully saturated rings. The quantitative estimate of drug-likeness (QED) is 0.497. The van der Waals surface area contributed by atoms with Crippen LogP contribution in [0, 0.1) is 5.82 Å². The molecule has 1 atom stereocenters. The fourth-order valence-corrected chi connectivity index (χ4v) is 1.66. The summed E-state index contributed by atoms with van der Waals surface area (Å²) < 4.78 is 19.1. The average molecular weight is 305 g/mol. The molecule has 94 valence electrons. The van der Waals surface area contributed by atoms with E-state index in [0.29, 0.717) is 10.9 Å². The van der Waals surface area contributed by atoms with Gasteiger partial charge in [-0.05, 0) is 34.5 Å². The number of rotatable bonds is 5. The van der Waals surface area contributed by atoms with Crippen LogP contribution >= 0.6 is 15.9 Å². The molecule has 0 saturated carbocycles. The van der Waals surface area contributed by atoms with Crippen molar-refractivity contribution in [1.29, 1.82) is 0 Å². The third kappa shape index (κ3) is 3.98. The fourth-order valence-electron chi connectivity index (χ4n) is 1.32. The van der Waals surface area contributed by atoms with Gasteiger partial charge in [-0.3, -0.25) is 10.2 Å². The summed E-state index contributed by atoms with van der Waals surface area (Å²) in [5.74, 6) is 4.49. The first kappa shape index (κ1) is 13.9. The lowest BCUT2D eigenvalue weighted by Crippen LogP contribution is -2.42. The molecule has 0 saturated heterocycles. The molecule has 0 aliphatic heterocycles. The van der Waals surface area contributed by atoms with Gasteiger partial charge in [-0.1, -0.05) is 13.3 Å². The first-order valence-electron chi connectivity index (χ1n) is 5.20. The van der Waals surface area contributed by atoms with Gasteiger partial charge in [0.25, 0.3) is 5.91 Å². The highest BCUT2D eigenvalue weighted by Crippen LogP contribution is 2.27. The Labute approximate surface area is 107 Å². The lowest BCUT2D eigenvalue weighted by molar-refractivity contribution is -0.128. The summed E-state index contributed by atoms with van der Waals surface area (Å²) in [6, 6.07) is 4.04. The van der Waals surface area contributed by atoms with Crippen LogP contribution in [0.1, 0.15) is 19.8 Å². The molecule has 0 spiro atoms. The minimum Gasteiger partial charge on any atom is -0.479 e. The highest BCUT2D eigenvalue weighted by molar-refractivity contribution is 9.10. The zero-order valence-electron chi connectivity index (χ0n) is 9.37. The Balaban J connectivity index is 2.85. The molecule has 0 bridgehead atoms. The zero-order chi connectivity index (χ0) is 12.8. The molecule has 0 aliphatic carbocycles. The summed E-state index contributed by atoms with van der Waals surface area (Å²) in [4.78, 5) is 11.4. The number of hydrogen-bond acceptors (Lipinski definition) is 3. The number of hydrazine groups is 1. The summed E-state index contributed by atoms with van der Waals surface area (Å²) in [6.45, 7) is 1.92. The molecule has 17 heavy (non-hydrogen) atoms. The number of hydrogen-bond donors (Lipinski definition) is 2. The molecular formula is C11H14BrFN2O2. The molecule has 1 amide bonds. The van der Waals surface area contributed by atoms with E-state index in [0.717, 1.165) is 6.42 Å². The van der Waals surface area contributed by atoms with E-state index < -0.39 is 17.8 Å². The van der Waals surface area contributed by atoms with Crippen LogP contribution in [0.5, 0.6) is 5.75 Å². The van der Waals surface area contributed by atoms with Crippen LogP contribution in [0.15, 0.2) is 22.7 Å². The normalized spacial score (nSPS) is 12.0. The Morgan fingerprint density at radius 3 is 2.94 bits per heavy atom. The highest BCUT2D eigenvalue weighted by Gasteiger charge is 2.19. The number of nitrogens with one attached hydrogen (secondary N) is 1. The Kier molecular flexibility index (Phi) is 5.37. The van der Waals surface area contributed by atoms with Crippen LogP contribution in [-0.2, 0) is 4.79 Å². The Bertz CT molecular complexity index is 401. The Hall–Kier alpha value is -1.14. The maximum atomic E-state index is 13.0. The highest BCUT2D eigenvalue weighted by atomic mass is 79.9. The molecular weight excluding hydrogens is 291 g/mol. The van der Waals surface area contributed by atoms with Crippen molar-refractivity contribution in [3.63, 3.8) is 0 Å². The van der Waals surface area contributed by atoms with Crippen molar-refractivity contribution in [2.24, 2.45) is 5.84 Å². The minimum absolute atomic E-state index is 0.284. The molecule has 3 N–H and O–H groups in total. The number of carbonyl (C=O) groups is 1. The maximum Gasteiger partial charge on any atom is 0.274 e. The second-order valence-electron chi connectivity index (χ2n) is 3.48. The molecule has 0 radical (unpaired) electrons. The number of halogens is 2. The van der Waals surface area contributed by atoms with Gasteiger partial charge in [0.05, 0.1) is 4.47 Å². The van der Waals surface area contributed by atoms with Crippen LogP contribution in [-0.4, -0.2) is 12.0 Å². The summed E-state index contributed by atoms with van der Waals surface area (Å²) >= 11 is 3.23. The smallest absolute Gasteiger partial charge is 0.274 e. The predicted molar refractivity (Wildman–Crippen MR) is 65.8 cm³/mol. The predicted octanol–water partition coefficient (Wildman–Crippen LogP) is 2.13. The van der Waals surface area contributed by atoms with Gasteiger partial charge in [0.15, 0.2) is 6.10 Å². The van der Waals surface area contributed by atoms with E-state index in [-0.39, 0.29) is 5.75 Å². The van der Waals surface area contributed by atoms with Gasteiger partial charge in [-0.25, -0.2) is 10.2 Å². The molecule has 0 aromatic heterocycles. The van der Waals surface area contributed by atoms with E-state index in [1.165, 1.54) is 18.2 Å². The summed E-state index contributed by atoms with van der Waals surface area (Å²) in [6.07, 6.45) is 0.542. The van der Waals surface area contributed by atoms with E-state index in [1.54, 1.807) is 0 Å². The van der Waals surface area contributed by atoms with Gasteiger partial charge in [0.1, 0.15) is 11.6 Å². The van der Waals surface area contributed by atoms with E-state index in [2.05, 4.69) is 15.9 Å². The van der Waals surface area contributed by atoms with Gasteiger partial charge < -0.3 is 4.74 Å². The van der Waals surface area contributed by atoms with Crippen molar-refractivity contribution >= 4 is 21.8 Å². The monoisotopic (exact) mass is 304 g/mol. The second kappa shape index (κ2) is 6.56. The second-order valence-corrected chi connectivity index (χ2v) is 4.33. The van der Waals surface area contributed by atoms with Crippen molar-refractivity contribution in [2.45, 2.75) is 25.9 Å². The molecule has 4 nitrogen and oxygen atoms in total. The average Bonchev–Trinajstić information content (AvgIpc) is 2.32. The van der Waals surface area contributed by atoms with Crippen LogP contribution in [0.2, 0.25) is 0 Å². The van der Waals surface area contributed by atoms with Crippen molar-refractivity contribution in [2.75, 3.05) is 0 Å². The van der Waals surface area contributed by atoms with Crippen LogP contribution in [0.25, 0.3) is 0 Å². The van der Waals surface area contributed by atoms with Crippen LogP contribution in [0.4, 0.5) is 4.39 Å². The molecule has 1 unspecified atom stereocenters. The number of amides is 1. The lowest BCUT2D eigenvalue weighted by atomic mass is 10.2. The van der Waals surface area contributed by atoms with Crippen molar-refractivity contribution in [1.82, 2.24) is 5.43 Å². The van der Waals surface area contributed by atoms with Crippen molar-refractivity contribution in [3.8, 4) is 5.75 Å². The van der Waals surface area contributed by atoms with E-state index in [4.69, 9.17) is 10.6 Å². The maximum absolute atomic E-state index is 13.0. The van der Waals surface area contributed by atoms with Gasteiger partial charge in [0, 0.05) is 6.07 Å². The van der Waals surface area contributed by atoms with E-state index in [1.807, 2.05) is 12.3 Å². The summed E-state index contributed by atoms with van der Waals surface area (Å²) in [5.41, 5.74) is 2.03. The number of nitrogens with two attached hydrogens (primary N) is 1. The first-order valence-corrected chi connectivity index (χ1v) is 6.00. The SMILES string of the molecule is CCCC(Oc1cc(F)ccc1Br)C(=O)NN. The van der Waals surface area contributed by atoms with E-state index >= 15 is 0 Å². The third-order valence-corrected chi connectivity index (χ3v) is 2.80. The summed E-state index contributed by atoms with van der Waals surface area (Å²) in [5, 5.41) is 0. The van der Waals surface area contributed by atoms with Gasteiger partial charge in [-0.2, -0.15) is 0 Å². The number of ether oxygens (including phenoxy) is 1. The number of carbonyl (C=O) groups excluding carboxylic acids is 1. The van der Waals surface area contributed by atoms with Crippen molar-refractivity contribution < 1.29 is 13.9 Å². The molecule has 6 heteroatoms. The Morgan fingerprint density at radius 1 is 1.65 bits per heavy atom. The summed E-state index contributed by atoms with van der Waals surface area (Å²) in [7, 11) is 0. The standard InChI is InChI=1S/C11H14BrFN2O2/c1-2-3-9(11(16)15-14)17-10-6-7(13)4-5-8(10)12/h4-6,9H,2-3,14H2,1H3,(H,15,16). The fraction of sp³-hybridized carbons (Fsp3) is 0.364. The molecule has 1 rings (SSSR count). The lowest BCUT2D eigenvalue weighted by Gasteiger charge is -2.17. The van der Waals surface area contributed by atoms with Gasteiger partial charge in [-0.15, -0.1) is 0 Å². The van der Waals surface area contributed by atoms with Crippen LogP contribution in [0.3, 0.4) is 0 Å². The number of benzene rings is 1. The molecule has 1 aromatic rings. The molecule has 1 aromatic carbocycles. The van der Waals surface area contributed by atoms with Gasteiger partial charge in [0.2, 0.25) is 0 Å². The molecule has 0 aliphatic rings. The largest absolute Gasteiger partial charge is 0.479 e. The van der Waals surface area contributed by atoms with Crippen molar-refractivity contribution in [3.05, 3.63) is 28.5 Å². The van der Waals surface area contributed by atoms with E-state index in [9.17, 15) is 9.18 Å². The van der Waals surface area contributed by atoms with Gasteiger partial charge >= 0.3 is 0 Å². The third-order valence-electron chi connectivity index (χ3n) is 2.15. The first-order chi connectivity index (χ1) is 8.08. The van der Waals surface area contributed by atoms with Crippen LogP contribution < -0.4 is 16.0 Å². The topological polar surface area (TPSA) is 64.3 Å². The zero-order valence-corrected chi connectivity index (χ0v) is 11.0. The molecule has 0 heterocycles. The minimum atomic E-state index is -0.719. The Morgan fingerprint density at radius 2 is 2.35 bits per heavy atom.